The minimum atomic E-state index is -0.182. The Morgan fingerprint density at radius 1 is 1.36 bits per heavy atom. The van der Waals surface area contributed by atoms with Gasteiger partial charge in [0.25, 0.3) is 0 Å². The second-order valence-electron chi connectivity index (χ2n) is 2.96. The fourth-order valence-corrected chi connectivity index (χ4v) is 1.07. The van der Waals surface area contributed by atoms with Gasteiger partial charge in [-0.2, -0.15) is 0 Å². The number of esters is 1. The molecule has 0 saturated heterocycles. The molecule has 0 spiro atoms. The average molecular weight is 190 g/mol. The molecule has 0 amide bonds. The second-order valence-corrected chi connectivity index (χ2v) is 2.96. The quantitative estimate of drug-likeness (QED) is 0.404. The summed E-state index contributed by atoms with van der Waals surface area (Å²) in [5.74, 6) is -0.182. The predicted molar refractivity (Wildman–Crippen MR) is 55.9 cm³/mol. The van der Waals surface area contributed by atoms with Crippen LogP contribution in [0, 0.1) is 0 Å². The number of carbonyl (C=O) groups excluding carboxylic acids is 1. The molecule has 0 atom stereocenters. The van der Waals surface area contributed by atoms with E-state index in [1.54, 1.807) is 6.08 Å². The fourth-order valence-electron chi connectivity index (χ4n) is 1.07. The molecular weight excluding hydrogens is 176 g/mol. The molecule has 2 nitrogen and oxygen atoms in total. The van der Waals surface area contributed by atoms with E-state index in [4.69, 9.17) is 4.74 Å². The first-order valence-electron chi connectivity index (χ1n) is 4.63. The average Bonchev–Trinajstić information content (AvgIpc) is 2.20. The van der Waals surface area contributed by atoms with Gasteiger partial charge in [0.05, 0.1) is 13.0 Å². The van der Waals surface area contributed by atoms with Crippen molar-refractivity contribution in [3.63, 3.8) is 0 Å². The molecule has 0 fully saturated rings. The molecule has 0 unspecified atom stereocenters. The Morgan fingerprint density at radius 2 is 2.07 bits per heavy atom. The first-order valence-corrected chi connectivity index (χ1v) is 4.63. The molecule has 2 heteroatoms. The normalized spacial score (nSPS) is 9.43. The zero-order chi connectivity index (χ0) is 10.2. The summed E-state index contributed by atoms with van der Waals surface area (Å²) in [5.41, 5.74) is 0.983. The molecular formula is C12H14O2. The summed E-state index contributed by atoms with van der Waals surface area (Å²) >= 11 is 0. The lowest BCUT2D eigenvalue weighted by Crippen LogP contribution is -2.08. The van der Waals surface area contributed by atoms with Crippen LogP contribution in [0.3, 0.4) is 0 Å². The minimum absolute atomic E-state index is 0.182. The summed E-state index contributed by atoms with van der Waals surface area (Å²) in [5, 5.41) is 0. The number of benzene rings is 1. The van der Waals surface area contributed by atoms with E-state index < -0.39 is 0 Å². The van der Waals surface area contributed by atoms with Crippen LogP contribution in [-0.2, 0) is 16.0 Å². The van der Waals surface area contributed by atoms with Crippen molar-refractivity contribution in [3.05, 3.63) is 48.6 Å². The van der Waals surface area contributed by atoms with Crippen molar-refractivity contribution >= 4 is 5.97 Å². The van der Waals surface area contributed by atoms with Gasteiger partial charge in [-0.15, -0.1) is 6.58 Å². The lowest BCUT2D eigenvalue weighted by molar-refractivity contribution is -0.142. The van der Waals surface area contributed by atoms with E-state index in [1.165, 1.54) is 0 Å². The van der Waals surface area contributed by atoms with E-state index in [0.717, 1.165) is 5.56 Å². The highest BCUT2D eigenvalue weighted by molar-refractivity contribution is 5.72. The van der Waals surface area contributed by atoms with E-state index >= 15 is 0 Å². The van der Waals surface area contributed by atoms with Gasteiger partial charge >= 0.3 is 5.97 Å². The molecule has 0 aromatic heterocycles. The molecule has 0 N–H and O–H groups in total. The van der Waals surface area contributed by atoms with Crippen molar-refractivity contribution in [2.75, 3.05) is 6.61 Å². The monoisotopic (exact) mass is 190 g/mol. The van der Waals surface area contributed by atoms with E-state index in [2.05, 4.69) is 6.58 Å². The van der Waals surface area contributed by atoms with Gasteiger partial charge < -0.3 is 4.74 Å². The summed E-state index contributed by atoms with van der Waals surface area (Å²) in [7, 11) is 0. The van der Waals surface area contributed by atoms with Gasteiger partial charge in [0, 0.05) is 0 Å². The Hall–Kier alpha value is -1.57. The molecule has 0 saturated carbocycles. The predicted octanol–water partition coefficient (Wildman–Crippen LogP) is 2.35. The third-order valence-corrected chi connectivity index (χ3v) is 1.78. The van der Waals surface area contributed by atoms with Crippen LogP contribution in [0.2, 0.25) is 0 Å². The topological polar surface area (TPSA) is 26.3 Å². The third-order valence-electron chi connectivity index (χ3n) is 1.78. The van der Waals surface area contributed by atoms with E-state index in [-0.39, 0.29) is 5.97 Å². The molecule has 0 aliphatic carbocycles. The van der Waals surface area contributed by atoms with Gasteiger partial charge in [-0.1, -0.05) is 36.4 Å². The van der Waals surface area contributed by atoms with Crippen LogP contribution in [0.5, 0.6) is 0 Å². The maximum Gasteiger partial charge on any atom is 0.310 e. The van der Waals surface area contributed by atoms with E-state index in [1.807, 2.05) is 30.3 Å². The smallest absolute Gasteiger partial charge is 0.310 e. The second kappa shape index (κ2) is 5.97. The van der Waals surface area contributed by atoms with Crippen molar-refractivity contribution in [2.24, 2.45) is 0 Å². The summed E-state index contributed by atoms with van der Waals surface area (Å²) in [6.45, 7) is 3.98. The maximum absolute atomic E-state index is 11.2. The summed E-state index contributed by atoms with van der Waals surface area (Å²) in [4.78, 5) is 11.2. The van der Waals surface area contributed by atoms with Gasteiger partial charge in [-0.05, 0) is 12.0 Å². The lowest BCUT2D eigenvalue weighted by atomic mass is 10.2. The molecule has 14 heavy (non-hydrogen) atoms. The number of hydrogen-bond acceptors (Lipinski definition) is 2. The van der Waals surface area contributed by atoms with Crippen LogP contribution in [0.1, 0.15) is 12.0 Å². The fraction of sp³-hybridized carbons (Fsp3) is 0.250. The van der Waals surface area contributed by atoms with Gasteiger partial charge in [0.1, 0.15) is 0 Å². The van der Waals surface area contributed by atoms with Crippen LogP contribution in [0.15, 0.2) is 43.0 Å². The summed E-state index contributed by atoms with van der Waals surface area (Å²) < 4.78 is 4.98. The van der Waals surface area contributed by atoms with Crippen LogP contribution in [0.4, 0.5) is 0 Å². The van der Waals surface area contributed by atoms with Crippen LogP contribution < -0.4 is 0 Å². The van der Waals surface area contributed by atoms with E-state index in [9.17, 15) is 4.79 Å². The summed E-state index contributed by atoms with van der Waals surface area (Å²) in [6.07, 6.45) is 2.79. The maximum atomic E-state index is 11.2. The van der Waals surface area contributed by atoms with Gasteiger partial charge in [-0.3, -0.25) is 4.79 Å². The van der Waals surface area contributed by atoms with E-state index in [0.29, 0.717) is 19.4 Å². The van der Waals surface area contributed by atoms with Crippen molar-refractivity contribution in [1.29, 1.82) is 0 Å². The lowest BCUT2D eigenvalue weighted by Gasteiger charge is -2.02. The molecule has 0 aliphatic rings. The first-order chi connectivity index (χ1) is 6.83. The molecule has 74 valence electrons. The van der Waals surface area contributed by atoms with Gasteiger partial charge in [0.2, 0.25) is 0 Å². The first kappa shape index (κ1) is 10.5. The zero-order valence-corrected chi connectivity index (χ0v) is 8.11. The molecule has 0 bridgehead atoms. The van der Waals surface area contributed by atoms with Crippen molar-refractivity contribution in [1.82, 2.24) is 0 Å². The SMILES string of the molecule is C=CCCOC(=O)Cc1ccccc1. The summed E-state index contributed by atoms with van der Waals surface area (Å²) in [6, 6.07) is 9.56. The highest BCUT2D eigenvalue weighted by Gasteiger charge is 2.02. The zero-order valence-electron chi connectivity index (χ0n) is 8.11. The van der Waals surface area contributed by atoms with Crippen LogP contribution in [0.25, 0.3) is 0 Å². The van der Waals surface area contributed by atoms with Crippen molar-refractivity contribution in [2.45, 2.75) is 12.8 Å². The standard InChI is InChI=1S/C12H14O2/c1-2-3-9-14-12(13)10-11-7-5-4-6-8-11/h2,4-8H,1,3,9-10H2. The Morgan fingerprint density at radius 3 is 2.71 bits per heavy atom. The molecule has 0 radical (unpaired) electrons. The number of ether oxygens (including phenoxy) is 1. The molecule has 1 aromatic carbocycles. The van der Waals surface area contributed by atoms with Gasteiger partial charge in [0.15, 0.2) is 0 Å². The number of rotatable bonds is 5. The van der Waals surface area contributed by atoms with Crippen molar-refractivity contribution < 1.29 is 9.53 Å². The molecule has 0 heterocycles. The van der Waals surface area contributed by atoms with Crippen molar-refractivity contribution in [3.8, 4) is 0 Å². The Kier molecular flexibility index (Phi) is 4.48. The minimum Gasteiger partial charge on any atom is -0.465 e. The van der Waals surface area contributed by atoms with Gasteiger partial charge in [-0.25, -0.2) is 0 Å². The Labute approximate surface area is 84.2 Å². The van der Waals surface area contributed by atoms with Crippen LogP contribution >= 0.6 is 0 Å². The molecule has 1 rings (SSSR count). The van der Waals surface area contributed by atoms with Crippen LogP contribution in [-0.4, -0.2) is 12.6 Å². The third kappa shape index (κ3) is 3.90. The Bertz CT molecular complexity index is 290. The highest BCUT2D eigenvalue weighted by atomic mass is 16.5. The largest absolute Gasteiger partial charge is 0.465 e. The number of hydrogen-bond donors (Lipinski definition) is 0. The highest BCUT2D eigenvalue weighted by Crippen LogP contribution is 2.00. The molecule has 0 aliphatic heterocycles. The number of carbonyl (C=O) groups is 1. The molecule has 1 aromatic rings. The Balaban J connectivity index is 2.31.